The highest BCUT2D eigenvalue weighted by Gasteiger charge is 2.06. The predicted octanol–water partition coefficient (Wildman–Crippen LogP) is 5.54. The largest absolute Gasteiger partial charge is 0.356 e. The Morgan fingerprint density at radius 3 is 2.08 bits per heavy atom. The van der Waals surface area contributed by atoms with Crippen LogP contribution in [0, 0.1) is 0 Å². The van der Waals surface area contributed by atoms with E-state index in [1.165, 1.54) is 6.92 Å². The Labute approximate surface area is 156 Å². The van der Waals surface area contributed by atoms with Crippen molar-refractivity contribution in [2.24, 2.45) is 0 Å². The molecule has 0 atom stereocenters. The summed E-state index contributed by atoms with van der Waals surface area (Å²) in [5, 5.41) is 6.67. The molecule has 0 spiro atoms. The standard InChI is InChI=1S/C21H17ClN2O2/c1-14(25)16-3-2-4-20(13-16)23-18-9-11-19(12-10-18)24-21(26)15-5-7-17(22)8-6-15/h2-13,23H,1H3,(H,24,26). The summed E-state index contributed by atoms with van der Waals surface area (Å²) in [4.78, 5) is 23.7. The number of anilines is 3. The van der Waals surface area contributed by atoms with Gasteiger partial charge in [0, 0.05) is 33.2 Å². The van der Waals surface area contributed by atoms with Crippen LogP contribution in [0.2, 0.25) is 5.02 Å². The zero-order chi connectivity index (χ0) is 18.5. The first-order chi connectivity index (χ1) is 12.5. The van der Waals surface area contributed by atoms with Crippen molar-refractivity contribution in [2.75, 3.05) is 10.6 Å². The van der Waals surface area contributed by atoms with Crippen LogP contribution >= 0.6 is 11.6 Å². The van der Waals surface area contributed by atoms with E-state index in [4.69, 9.17) is 11.6 Å². The van der Waals surface area contributed by atoms with Crippen LogP contribution < -0.4 is 10.6 Å². The highest BCUT2D eigenvalue weighted by molar-refractivity contribution is 6.30. The summed E-state index contributed by atoms with van der Waals surface area (Å²) >= 11 is 5.83. The summed E-state index contributed by atoms with van der Waals surface area (Å²) in [7, 11) is 0. The minimum Gasteiger partial charge on any atom is -0.356 e. The van der Waals surface area contributed by atoms with Crippen molar-refractivity contribution >= 4 is 40.4 Å². The number of amides is 1. The van der Waals surface area contributed by atoms with E-state index < -0.39 is 0 Å². The molecule has 1 amide bonds. The van der Waals surface area contributed by atoms with Crippen LogP contribution in [0.25, 0.3) is 0 Å². The minimum atomic E-state index is -0.198. The maximum Gasteiger partial charge on any atom is 0.255 e. The summed E-state index contributed by atoms with van der Waals surface area (Å²) in [6, 6.07) is 21.4. The molecule has 2 N–H and O–H groups in total. The van der Waals surface area contributed by atoms with Crippen LogP contribution in [-0.2, 0) is 0 Å². The second-order valence-electron chi connectivity index (χ2n) is 5.80. The molecule has 3 aromatic carbocycles. The maximum atomic E-state index is 12.2. The van der Waals surface area contributed by atoms with E-state index >= 15 is 0 Å². The van der Waals surface area contributed by atoms with E-state index in [0.29, 0.717) is 21.8 Å². The maximum absolute atomic E-state index is 12.2. The SMILES string of the molecule is CC(=O)c1cccc(Nc2ccc(NC(=O)c3ccc(Cl)cc3)cc2)c1. The van der Waals surface area contributed by atoms with Gasteiger partial charge >= 0.3 is 0 Å². The lowest BCUT2D eigenvalue weighted by molar-refractivity contribution is 0.101. The number of Topliss-reactive ketones (excluding diaryl/α,β-unsaturated/α-hetero) is 1. The fraction of sp³-hybridized carbons (Fsp3) is 0.0476. The third-order valence-corrected chi connectivity index (χ3v) is 4.06. The van der Waals surface area contributed by atoms with Crippen molar-refractivity contribution in [1.82, 2.24) is 0 Å². The fourth-order valence-electron chi connectivity index (χ4n) is 2.42. The number of halogens is 1. The molecule has 0 aliphatic heterocycles. The van der Waals surface area contributed by atoms with Gasteiger partial charge in [-0.3, -0.25) is 9.59 Å². The van der Waals surface area contributed by atoms with E-state index in [2.05, 4.69) is 10.6 Å². The molecule has 0 aromatic heterocycles. The minimum absolute atomic E-state index is 0.0221. The summed E-state index contributed by atoms with van der Waals surface area (Å²) in [5.74, 6) is -0.176. The molecule has 4 nitrogen and oxygen atoms in total. The Hall–Kier alpha value is -3.11. The van der Waals surface area contributed by atoms with Crippen LogP contribution in [0.5, 0.6) is 0 Å². The summed E-state index contributed by atoms with van der Waals surface area (Å²) in [5.41, 5.74) is 3.57. The van der Waals surface area contributed by atoms with Crippen LogP contribution in [0.15, 0.2) is 72.8 Å². The average molecular weight is 365 g/mol. The van der Waals surface area contributed by atoms with Crippen LogP contribution in [-0.4, -0.2) is 11.7 Å². The molecule has 3 aromatic rings. The average Bonchev–Trinajstić information content (AvgIpc) is 2.64. The molecule has 0 bridgehead atoms. The molecule has 0 radical (unpaired) electrons. The third-order valence-electron chi connectivity index (χ3n) is 3.81. The Morgan fingerprint density at radius 1 is 0.769 bits per heavy atom. The van der Waals surface area contributed by atoms with Gasteiger partial charge in [0.1, 0.15) is 0 Å². The molecule has 5 heteroatoms. The van der Waals surface area contributed by atoms with Gasteiger partial charge in [-0.15, -0.1) is 0 Å². The highest BCUT2D eigenvalue weighted by Crippen LogP contribution is 2.20. The Morgan fingerprint density at radius 2 is 1.42 bits per heavy atom. The number of hydrogen-bond acceptors (Lipinski definition) is 3. The number of hydrogen-bond donors (Lipinski definition) is 2. The van der Waals surface area contributed by atoms with Gasteiger partial charge in [-0.05, 0) is 67.6 Å². The molecular formula is C21H17ClN2O2. The molecule has 0 fully saturated rings. The lowest BCUT2D eigenvalue weighted by atomic mass is 10.1. The van der Waals surface area contributed by atoms with E-state index in [1.807, 2.05) is 36.4 Å². The van der Waals surface area contributed by atoms with Crippen LogP contribution in [0.1, 0.15) is 27.6 Å². The second kappa shape index (κ2) is 7.85. The van der Waals surface area contributed by atoms with E-state index in [9.17, 15) is 9.59 Å². The molecule has 26 heavy (non-hydrogen) atoms. The lowest BCUT2D eigenvalue weighted by Crippen LogP contribution is -2.11. The normalized spacial score (nSPS) is 10.2. The smallest absolute Gasteiger partial charge is 0.255 e. The van der Waals surface area contributed by atoms with Crippen molar-refractivity contribution in [3.63, 3.8) is 0 Å². The van der Waals surface area contributed by atoms with Gasteiger partial charge in [0.15, 0.2) is 5.78 Å². The van der Waals surface area contributed by atoms with E-state index in [1.54, 1.807) is 36.4 Å². The van der Waals surface area contributed by atoms with Crippen LogP contribution in [0.3, 0.4) is 0 Å². The summed E-state index contributed by atoms with van der Waals surface area (Å²) in [6.45, 7) is 1.54. The summed E-state index contributed by atoms with van der Waals surface area (Å²) in [6.07, 6.45) is 0. The fourth-order valence-corrected chi connectivity index (χ4v) is 2.55. The number of benzene rings is 3. The molecule has 130 valence electrons. The zero-order valence-electron chi connectivity index (χ0n) is 14.1. The van der Waals surface area contributed by atoms with Gasteiger partial charge in [0.2, 0.25) is 0 Å². The second-order valence-corrected chi connectivity index (χ2v) is 6.24. The van der Waals surface area contributed by atoms with E-state index in [0.717, 1.165) is 11.4 Å². The first-order valence-corrected chi connectivity index (χ1v) is 8.44. The number of carbonyl (C=O) groups is 2. The Bertz CT molecular complexity index is 935. The Balaban J connectivity index is 1.66. The topological polar surface area (TPSA) is 58.2 Å². The van der Waals surface area contributed by atoms with Gasteiger partial charge in [-0.2, -0.15) is 0 Å². The molecule has 0 saturated carbocycles. The Kier molecular flexibility index (Phi) is 5.34. The molecule has 0 heterocycles. The molecule has 0 unspecified atom stereocenters. The van der Waals surface area contributed by atoms with Crippen molar-refractivity contribution in [3.05, 3.63) is 88.9 Å². The van der Waals surface area contributed by atoms with Crippen molar-refractivity contribution < 1.29 is 9.59 Å². The molecule has 0 aliphatic carbocycles. The monoisotopic (exact) mass is 364 g/mol. The number of ketones is 1. The lowest BCUT2D eigenvalue weighted by Gasteiger charge is -2.09. The molecular weight excluding hydrogens is 348 g/mol. The number of carbonyl (C=O) groups excluding carboxylic acids is 2. The first-order valence-electron chi connectivity index (χ1n) is 8.06. The predicted molar refractivity (Wildman–Crippen MR) is 106 cm³/mol. The van der Waals surface area contributed by atoms with Gasteiger partial charge in [-0.1, -0.05) is 23.7 Å². The highest BCUT2D eigenvalue weighted by atomic mass is 35.5. The van der Waals surface area contributed by atoms with Crippen molar-refractivity contribution in [3.8, 4) is 0 Å². The van der Waals surface area contributed by atoms with Gasteiger partial charge in [-0.25, -0.2) is 0 Å². The third kappa shape index (κ3) is 4.49. The first kappa shape index (κ1) is 17.7. The van der Waals surface area contributed by atoms with E-state index in [-0.39, 0.29) is 11.7 Å². The van der Waals surface area contributed by atoms with Crippen molar-refractivity contribution in [1.29, 1.82) is 0 Å². The quantitative estimate of drug-likeness (QED) is 0.584. The van der Waals surface area contributed by atoms with Gasteiger partial charge < -0.3 is 10.6 Å². The number of rotatable bonds is 5. The molecule has 0 saturated heterocycles. The number of nitrogens with one attached hydrogen (secondary N) is 2. The zero-order valence-corrected chi connectivity index (χ0v) is 14.9. The van der Waals surface area contributed by atoms with Gasteiger partial charge in [0.05, 0.1) is 0 Å². The molecule has 0 aliphatic rings. The summed E-state index contributed by atoms with van der Waals surface area (Å²) < 4.78 is 0. The van der Waals surface area contributed by atoms with Gasteiger partial charge in [0.25, 0.3) is 5.91 Å². The van der Waals surface area contributed by atoms with Crippen LogP contribution in [0.4, 0.5) is 17.1 Å². The molecule has 3 rings (SSSR count). The van der Waals surface area contributed by atoms with Crippen molar-refractivity contribution in [2.45, 2.75) is 6.92 Å².